The second kappa shape index (κ2) is 4.92. The van der Waals surface area contributed by atoms with Crippen LogP contribution in [0.25, 0.3) is 0 Å². The topological polar surface area (TPSA) is 64.0 Å². The van der Waals surface area contributed by atoms with E-state index in [1.165, 1.54) is 30.3 Å². The van der Waals surface area contributed by atoms with E-state index in [9.17, 15) is 9.59 Å². The summed E-state index contributed by atoms with van der Waals surface area (Å²) in [5.74, 6) is -0.248. The molecule has 0 spiro atoms. The van der Waals surface area contributed by atoms with Gasteiger partial charge in [0, 0.05) is 13.1 Å². The predicted octanol–water partition coefficient (Wildman–Crippen LogP) is 1.20. The Bertz CT molecular complexity index is 721. The van der Waals surface area contributed by atoms with E-state index in [0.29, 0.717) is 0 Å². The van der Waals surface area contributed by atoms with Crippen LogP contribution in [0.3, 0.4) is 0 Å². The Kier molecular flexibility index (Phi) is 3.10. The highest BCUT2D eigenvalue weighted by molar-refractivity contribution is 5.92. The highest BCUT2D eigenvalue weighted by atomic mass is 16.2. The number of benzene rings is 1. The molecule has 5 heteroatoms. The van der Waals surface area contributed by atoms with Crippen LogP contribution in [0.5, 0.6) is 0 Å². The van der Waals surface area contributed by atoms with Gasteiger partial charge in [-0.1, -0.05) is 24.3 Å². The van der Waals surface area contributed by atoms with Crippen molar-refractivity contribution in [3.8, 4) is 0 Å². The molecule has 1 heterocycles. The van der Waals surface area contributed by atoms with Crippen molar-refractivity contribution < 1.29 is 4.79 Å². The molecule has 1 N–H and O–H groups in total. The van der Waals surface area contributed by atoms with Gasteiger partial charge < -0.3 is 5.32 Å². The van der Waals surface area contributed by atoms with Crippen molar-refractivity contribution in [1.29, 1.82) is 0 Å². The Morgan fingerprint density at radius 2 is 2.10 bits per heavy atom. The fourth-order valence-electron chi connectivity index (χ4n) is 2.56. The molecular weight excluding hydrogens is 254 g/mol. The summed E-state index contributed by atoms with van der Waals surface area (Å²) in [5.41, 5.74) is 2.49. The summed E-state index contributed by atoms with van der Waals surface area (Å²) in [6.45, 7) is 0. The molecular formula is C15H15N3O2. The molecule has 3 rings (SSSR count). The van der Waals surface area contributed by atoms with Crippen molar-refractivity contribution in [2.24, 2.45) is 7.05 Å². The SMILES string of the molecule is Cn1nc(C(=O)N[C@H]2CCc3ccccc32)ccc1=O. The molecule has 1 atom stereocenters. The molecule has 1 aromatic carbocycles. The molecule has 0 bridgehead atoms. The third-order valence-electron chi connectivity index (χ3n) is 3.63. The Labute approximate surface area is 116 Å². The number of carbonyl (C=O) groups is 1. The molecule has 20 heavy (non-hydrogen) atoms. The van der Waals surface area contributed by atoms with Crippen molar-refractivity contribution in [1.82, 2.24) is 15.1 Å². The lowest BCUT2D eigenvalue weighted by Gasteiger charge is -2.13. The zero-order chi connectivity index (χ0) is 14.1. The van der Waals surface area contributed by atoms with Crippen molar-refractivity contribution in [3.63, 3.8) is 0 Å². The van der Waals surface area contributed by atoms with Crippen LogP contribution in [0.2, 0.25) is 0 Å². The number of hydrogen-bond acceptors (Lipinski definition) is 3. The second-order valence-corrected chi connectivity index (χ2v) is 4.94. The Hall–Kier alpha value is -2.43. The summed E-state index contributed by atoms with van der Waals surface area (Å²) >= 11 is 0. The molecule has 0 saturated heterocycles. The van der Waals surface area contributed by atoms with Crippen molar-refractivity contribution in [2.75, 3.05) is 0 Å². The van der Waals surface area contributed by atoms with Crippen molar-refractivity contribution >= 4 is 5.91 Å². The van der Waals surface area contributed by atoms with Crippen molar-refractivity contribution in [3.05, 3.63) is 63.6 Å². The molecule has 2 aromatic rings. The fraction of sp³-hybridized carbons (Fsp3) is 0.267. The number of rotatable bonds is 2. The number of carbonyl (C=O) groups excluding carboxylic acids is 1. The van der Waals surface area contributed by atoms with Gasteiger partial charge in [-0.3, -0.25) is 9.59 Å². The van der Waals surface area contributed by atoms with Crippen LogP contribution in [-0.4, -0.2) is 15.7 Å². The number of fused-ring (bicyclic) bond motifs is 1. The summed E-state index contributed by atoms with van der Waals surface area (Å²) in [7, 11) is 1.53. The minimum Gasteiger partial charge on any atom is -0.344 e. The maximum absolute atomic E-state index is 12.2. The van der Waals surface area contributed by atoms with Crippen LogP contribution in [0.15, 0.2) is 41.2 Å². The lowest BCUT2D eigenvalue weighted by atomic mass is 10.1. The zero-order valence-corrected chi connectivity index (χ0v) is 11.2. The first-order chi connectivity index (χ1) is 9.65. The molecule has 0 aliphatic heterocycles. The van der Waals surface area contributed by atoms with Gasteiger partial charge in [0.15, 0.2) is 0 Å². The summed E-state index contributed by atoms with van der Waals surface area (Å²) in [4.78, 5) is 23.5. The Morgan fingerprint density at radius 3 is 2.90 bits per heavy atom. The van der Waals surface area contributed by atoms with Crippen LogP contribution < -0.4 is 10.9 Å². The van der Waals surface area contributed by atoms with Crippen LogP contribution in [0, 0.1) is 0 Å². The van der Waals surface area contributed by atoms with E-state index in [1.807, 2.05) is 18.2 Å². The lowest BCUT2D eigenvalue weighted by molar-refractivity contribution is 0.0929. The van der Waals surface area contributed by atoms with Gasteiger partial charge in [-0.25, -0.2) is 4.68 Å². The van der Waals surface area contributed by atoms with Gasteiger partial charge in [0.2, 0.25) is 0 Å². The van der Waals surface area contributed by atoms with Gasteiger partial charge in [0.05, 0.1) is 6.04 Å². The van der Waals surface area contributed by atoms with E-state index in [2.05, 4.69) is 16.5 Å². The van der Waals surface area contributed by atoms with E-state index < -0.39 is 0 Å². The average molecular weight is 269 g/mol. The van der Waals surface area contributed by atoms with E-state index >= 15 is 0 Å². The molecule has 1 aliphatic rings. The summed E-state index contributed by atoms with van der Waals surface area (Å²) in [5, 5.41) is 6.94. The summed E-state index contributed by atoms with van der Waals surface area (Å²) in [6, 6.07) is 11.0. The third kappa shape index (κ3) is 2.22. The average Bonchev–Trinajstić information content (AvgIpc) is 2.85. The molecule has 0 fully saturated rings. The molecule has 1 aromatic heterocycles. The monoisotopic (exact) mass is 269 g/mol. The molecule has 1 amide bonds. The van der Waals surface area contributed by atoms with Crippen LogP contribution in [0.4, 0.5) is 0 Å². The number of amides is 1. The maximum atomic E-state index is 12.2. The van der Waals surface area contributed by atoms with Crippen molar-refractivity contribution in [2.45, 2.75) is 18.9 Å². The van der Waals surface area contributed by atoms with Crippen LogP contribution >= 0.6 is 0 Å². The highest BCUT2D eigenvalue weighted by Crippen LogP contribution is 2.30. The van der Waals surface area contributed by atoms with Gasteiger partial charge in [0.1, 0.15) is 5.69 Å². The van der Waals surface area contributed by atoms with Crippen LogP contribution in [0.1, 0.15) is 34.1 Å². The van der Waals surface area contributed by atoms with Gasteiger partial charge in [0.25, 0.3) is 11.5 Å². The van der Waals surface area contributed by atoms with Gasteiger partial charge in [-0.15, -0.1) is 0 Å². The van der Waals surface area contributed by atoms with Gasteiger partial charge in [-0.05, 0) is 30.0 Å². The molecule has 0 saturated carbocycles. The first kappa shape index (κ1) is 12.6. The normalized spacial score (nSPS) is 16.8. The maximum Gasteiger partial charge on any atom is 0.272 e. The summed E-state index contributed by atoms with van der Waals surface area (Å²) < 4.78 is 1.16. The number of aryl methyl sites for hydroxylation is 2. The molecule has 1 aliphatic carbocycles. The van der Waals surface area contributed by atoms with E-state index in [-0.39, 0.29) is 23.2 Å². The van der Waals surface area contributed by atoms with E-state index in [1.54, 1.807) is 0 Å². The summed E-state index contributed by atoms with van der Waals surface area (Å²) in [6.07, 6.45) is 1.87. The van der Waals surface area contributed by atoms with Crippen LogP contribution in [-0.2, 0) is 13.5 Å². The standard InChI is InChI=1S/C15H15N3O2/c1-18-14(19)9-8-13(17-18)15(20)16-12-7-6-10-4-2-3-5-11(10)12/h2-5,8-9,12H,6-7H2,1H3,(H,16,20)/t12-/m0/s1. The second-order valence-electron chi connectivity index (χ2n) is 4.94. The Morgan fingerprint density at radius 1 is 1.30 bits per heavy atom. The number of hydrogen-bond donors (Lipinski definition) is 1. The molecule has 0 radical (unpaired) electrons. The number of nitrogens with zero attached hydrogens (tertiary/aromatic N) is 2. The Balaban J connectivity index is 1.80. The minimum absolute atomic E-state index is 0.0257. The first-order valence-electron chi connectivity index (χ1n) is 6.58. The zero-order valence-electron chi connectivity index (χ0n) is 11.2. The highest BCUT2D eigenvalue weighted by Gasteiger charge is 2.24. The largest absolute Gasteiger partial charge is 0.344 e. The first-order valence-corrected chi connectivity index (χ1v) is 6.58. The van der Waals surface area contributed by atoms with E-state index in [4.69, 9.17) is 0 Å². The molecule has 5 nitrogen and oxygen atoms in total. The molecule has 0 unspecified atom stereocenters. The number of aromatic nitrogens is 2. The van der Waals surface area contributed by atoms with Gasteiger partial charge >= 0.3 is 0 Å². The third-order valence-corrected chi connectivity index (χ3v) is 3.63. The predicted molar refractivity (Wildman–Crippen MR) is 74.4 cm³/mol. The molecule has 102 valence electrons. The lowest BCUT2D eigenvalue weighted by Crippen LogP contribution is -2.30. The number of nitrogens with one attached hydrogen (secondary N) is 1. The van der Waals surface area contributed by atoms with E-state index in [0.717, 1.165) is 17.5 Å². The quantitative estimate of drug-likeness (QED) is 0.891. The minimum atomic E-state index is -0.248. The smallest absolute Gasteiger partial charge is 0.272 e. The van der Waals surface area contributed by atoms with Gasteiger partial charge in [-0.2, -0.15) is 5.10 Å². The fourth-order valence-corrected chi connectivity index (χ4v) is 2.56.